The lowest BCUT2D eigenvalue weighted by Gasteiger charge is -2.62. The molecular weight excluding hydrogens is 222 g/mol. The molecule has 5 aliphatic rings. The van der Waals surface area contributed by atoms with Gasteiger partial charge in [0.2, 0.25) is 0 Å². The van der Waals surface area contributed by atoms with Gasteiger partial charge in [-0.3, -0.25) is 4.79 Å². The van der Waals surface area contributed by atoms with Crippen molar-refractivity contribution in [3.05, 3.63) is 0 Å². The highest BCUT2D eigenvalue weighted by atomic mass is 16.1. The molecule has 0 aromatic carbocycles. The first-order valence-corrected chi connectivity index (χ1v) is 7.96. The lowest BCUT2D eigenvalue weighted by atomic mass is 9.44. The molecule has 1 unspecified atom stereocenters. The molecule has 2 nitrogen and oxygen atoms in total. The van der Waals surface area contributed by atoms with Gasteiger partial charge in [-0.1, -0.05) is 6.92 Å². The maximum absolute atomic E-state index is 12.6. The van der Waals surface area contributed by atoms with Gasteiger partial charge >= 0.3 is 0 Å². The number of hydrogen-bond donors (Lipinski definition) is 1. The molecule has 0 spiro atoms. The first kappa shape index (κ1) is 11.5. The van der Waals surface area contributed by atoms with Crippen LogP contribution < -0.4 is 5.32 Å². The van der Waals surface area contributed by atoms with E-state index in [0.29, 0.717) is 11.2 Å². The van der Waals surface area contributed by atoms with E-state index in [4.69, 9.17) is 0 Å². The molecule has 1 heterocycles. The monoisotopic (exact) mass is 247 g/mol. The summed E-state index contributed by atoms with van der Waals surface area (Å²) in [6.45, 7) is 3.16. The van der Waals surface area contributed by atoms with E-state index < -0.39 is 0 Å². The molecule has 5 rings (SSSR count). The molecule has 0 radical (unpaired) electrons. The number of carbonyl (C=O) groups is 1. The number of hydrogen-bond acceptors (Lipinski definition) is 2. The minimum Gasteiger partial charge on any atom is -0.304 e. The summed E-state index contributed by atoms with van der Waals surface area (Å²) in [6.07, 6.45) is 10.2. The normalized spacial score (nSPS) is 54.3. The van der Waals surface area contributed by atoms with Crippen LogP contribution in [0.25, 0.3) is 0 Å². The predicted molar refractivity (Wildman–Crippen MR) is 71.3 cm³/mol. The Kier molecular flexibility index (Phi) is 2.29. The molecule has 4 aliphatic carbocycles. The van der Waals surface area contributed by atoms with Gasteiger partial charge in [0.05, 0.1) is 5.54 Å². The van der Waals surface area contributed by atoms with Crippen LogP contribution >= 0.6 is 0 Å². The zero-order chi connectivity index (χ0) is 12.4. The second-order valence-corrected chi connectivity index (χ2v) is 7.56. The Morgan fingerprint density at radius 2 is 1.67 bits per heavy atom. The number of carbonyl (C=O) groups excluding carboxylic acids is 1. The van der Waals surface area contributed by atoms with Gasteiger partial charge < -0.3 is 5.32 Å². The second kappa shape index (κ2) is 3.59. The number of nitrogens with one attached hydrogen (secondary N) is 1. The van der Waals surface area contributed by atoms with Gasteiger partial charge in [0.15, 0.2) is 5.78 Å². The van der Waals surface area contributed by atoms with E-state index in [1.165, 1.54) is 38.5 Å². The molecule has 18 heavy (non-hydrogen) atoms. The van der Waals surface area contributed by atoms with Crippen LogP contribution in [0.3, 0.4) is 0 Å². The van der Waals surface area contributed by atoms with Crippen molar-refractivity contribution in [1.82, 2.24) is 5.32 Å². The predicted octanol–water partition coefficient (Wildman–Crippen LogP) is 2.91. The summed E-state index contributed by atoms with van der Waals surface area (Å²) in [6, 6.07) is 0. The minimum absolute atomic E-state index is 0.136. The van der Waals surface area contributed by atoms with Crippen molar-refractivity contribution in [2.75, 3.05) is 6.54 Å². The van der Waals surface area contributed by atoms with Crippen molar-refractivity contribution in [3.63, 3.8) is 0 Å². The van der Waals surface area contributed by atoms with Gasteiger partial charge in [-0.05, 0) is 68.1 Å². The summed E-state index contributed by atoms with van der Waals surface area (Å²) in [7, 11) is 0. The number of rotatable bonds is 2. The molecule has 0 aromatic rings. The first-order valence-electron chi connectivity index (χ1n) is 7.96. The van der Waals surface area contributed by atoms with Gasteiger partial charge in [-0.15, -0.1) is 0 Å². The van der Waals surface area contributed by atoms with E-state index >= 15 is 0 Å². The summed E-state index contributed by atoms with van der Waals surface area (Å²) in [4.78, 5) is 12.6. The maximum Gasteiger partial charge on any atom is 0.154 e. The molecule has 1 saturated heterocycles. The lowest BCUT2D eigenvalue weighted by Crippen LogP contribution is -2.64. The highest BCUT2D eigenvalue weighted by Crippen LogP contribution is 2.64. The summed E-state index contributed by atoms with van der Waals surface area (Å²) < 4.78 is 0. The fraction of sp³-hybridized carbons (Fsp3) is 0.938. The highest BCUT2D eigenvalue weighted by Gasteiger charge is 2.63. The van der Waals surface area contributed by atoms with Crippen LogP contribution in [0.2, 0.25) is 0 Å². The van der Waals surface area contributed by atoms with Crippen LogP contribution in [0.1, 0.15) is 58.3 Å². The number of Topliss-reactive ketones (excluding diaryl/α,β-unsaturated/α-hetero) is 1. The van der Waals surface area contributed by atoms with Crippen LogP contribution in [0.15, 0.2) is 0 Å². The molecule has 1 atom stereocenters. The smallest absolute Gasteiger partial charge is 0.154 e. The van der Waals surface area contributed by atoms with Crippen molar-refractivity contribution >= 4 is 5.78 Å². The molecule has 1 aliphatic heterocycles. The van der Waals surface area contributed by atoms with Crippen molar-refractivity contribution in [1.29, 1.82) is 0 Å². The summed E-state index contributed by atoms with van der Waals surface area (Å²) in [5.41, 5.74) is 0.201. The Balaban J connectivity index is 1.76. The van der Waals surface area contributed by atoms with Crippen LogP contribution in [-0.4, -0.2) is 17.9 Å². The van der Waals surface area contributed by atoms with Crippen LogP contribution in [0, 0.1) is 23.2 Å². The average molecular weight is 247 g/mol. The first-order chi connectivity index (χ1) is 8.67. The van der Waals surface area contributed by atoms with Gasteiger partial charge in [-0.2, -0.15) is 0 Å². The third kappa shape index (κ3) is 1.25. The van der Waals surface area contributed by atoms with E-state index in [0.717, 1.165) is 37.1 Å². The Labute approximate surface area is 110 Å². The SMILES string of the molecule is CCC1(C23CC4CC(CC(C4)C2)C3)NCCC1=O. The second-order valence-electron chi connectivity index (χ2n) is 7.56. The molecular formula is C16H25NO. The van der Waals surface area contributed by atoms with E-state index in [9.17, 15) is 4.79 Å². The zero-order valence-electron chi connectivity index (χ0n) is 11.5. The fourth-order valence-electron chi connectivity index (χ4n) is 6.52. The Bertz CT molecular complexity index is 353. The molecule has 0 amide bonds. The Morgan fingerprint density at radius 1 is 1.11 bits per heavy atom. The van der Waals surface area contributed by atoms with Crippen molar-refractivity contribution in [3.8, 4) is 0 Å². The Morgan fingerprint density at radius 3 is 2.06 bits per heavy atom. The van der Waals surface area contributed by atoms with Gasteiger partial charge in [0.1, 0.15) is 0 Å². The zero-order valence-corrected chi connectivity index (χ0v) is 11.5. The van der Waals surface area contributed by atoms with Gasteiger partial charge in [0.25, 0.3) is 0 Å². The molecule has 100 valence electrons. The lowest BCUT2D eigenvalue weighted by molar-refractivity contribution is -0.143. The molecule has 4 saturated carbocycles. The van der Waals surface area contributed by atoms with E-state index in [2.05, 4.69) is 12.2 Å². The van der Waals surface area contributed by atoms with Crippen molar-refractivity contribution in [2.24, 2.45) is 23.2 Å². The molecule has 1 N–H and O–H groups in total. The summed E-state index contributed by atoms with van der Waals surface area (Å²) in [5, 5.41) is 3.68. The minimum atomic E-state index is -0.136. The molecule has 4 bridgehead atoms. The Hall–Kier alpha value is -0.370. The standard InChI is InChI=1S/C16H25NO/c1-2-16(14(18)3-4-17-16)15-8-11-5-12(9-15)7-13(6-11)10-15/h11-13,17H,2-10H2,1H3. The van der Waals surface area contributed by atoms with Crippen LogP contribution in [0.4, 0.5) is 0 Å². The van der Waals surface area contributed by atoms with E-state index in [-0.39, 0.29) is 5.54 Å². The van der Waals surface area contributed by atoms with Gasteiger partial charge in [0, 0.05) is 13.0 Å². The summed E-state index contributed by atoms with van der Waals surface area (Å²) in [5.74, 6) is 3.35. The van der Waals surface area contributed by atoms with E-state index in [1.54, 1.807) is 0 Å². The maximum atomic E-state index is 12.6. The van der Waals surface area contributed by atoms with Crippen LogP contribution in [-0.2, 0) is 4.79 Å². The third-order valence-corrected chi connectivity index (χ3v) is 6.73. The quantitative estimate of drug-likeness (QED) is 0.813. The number of ketones is 1. The van der Waals surface area contributed by atoms with Crippen molar-refractivity contribution < 1.29 is 4.79 Å². The fourth-order valence-corrected chi connectivity index (χ4v) is 6.52. The van der Waals surface area contributed by atoms with Crippen molar-refractivity contribution in [2.45, 2.75) is 63.8 Å². The van der Waals surface area contributed by atoms with Gasteiger partial charge in [-0.25, -0.2) is 0 Å². The van der Waals surface area contributed by atoms with E-state index in [1.807, 2.05) is 0 Å². The summed E-state index contributed by atoms with van der Waals surface area (Å²) >= 11 is 0. The topological polar surface area (TPSA) is 29.1 Å². The average Bonchev–Trinajstić information content (AvgIpc) is 2.70. The molecule has 5 fully saturated rings. The molecule has 2 heteroatoms. The highest BCUT2D eigenvalue weighted by molar-refractivity contribution is 5.91. The van der Waals surface area contributed by atoms with Crippen LogP contribution in [0.5, 0.6) is 0 Å². The largest absolute Gasteiger partial charge is 0.304 e. The molecule has 0 aromatic heterocycles. The third-order valence-electron chi connectivity index (χ3n) is 6.73.